The van der Waals surface area contributed by atoms with E-state index in [0.29, 0.717) is 30.2 Å². The van der Waals surface area contributed by atoms with Crippen LogP contribution in [0, 0.1) is 0 Å². The molecule has 3 rings (SSSR count). The molecule has 1 amide bonds. The van der Waals surface area contributed by atoms with Gasteiger partial charge in [0.25, 0.3) is 5.91 Å². The third-order valence-corrected chi connectivity index (χ3v) is 3.47. The van der Waals surface area contributed by atoms with Gasteiger partial charge in [-0.05, 0) is 55.5 Å². The highest BCUT2D eigenvalue weighted by Crippen LogP contribution is 2.16. The average Bonchev–Trinajstić information content (AvgIpc) is 3.16. The quantitative estimate of drug-likeness (QED) is 0.683. The highest BCUT2D eigenvalue weighted by molar-refractivity contribution is 6.04. The molecule has 0 spiro atoms. The standard InChI is InChI=1S/C19H19N3O3/c1-2-24-16-8-6-15(7-9-16)22-19(23)14-5-10-18(20-12-14)21-13-17-4-3-11-25-17/h3-12H,2,13H2,1H3,(H,20,21)(H,22,23). The number of carbonyl (C=O) groups excluding carboxylic acids is 1. The molecular formula is C19H19N3O3. The molecule has 1 aromatic carbocycles. The van der Waals surface area contributed by atoms with Crippen LogP contribution in [0.5, 0.6) is 5.75 Å². The lowest BCUT2D eigenvalue weighted by atomic mass is 10.2. The molecule has 6 heteroatoms. The molecule has 6 nitrogen and oxygen atoms in total. The van der Waals surface area contributed by atoms with Crippen LogP contribution in [0.4, 0.5) is 11.5 Å². The average molecular weight is 337 g/mol. The summed E-state index contributed by atoms with van der Waals surface area (Å²) >= 11 is 0. The molecule has 0 unspecified atom stereocenters. The van der Waals surface area contributed by atoms with Gasteiger partial charge in [0.1, 0.15) is 17.3 Å². The monoisotopic (exact) mass is 337 g/mol. The number of hydrogen-bond donors (Lipinski definition) is 2. The number of anilines is 2. The maximum Gasteiger partial charge on any atom is 0.257 e. The minimum absolute atomic E-state index is 0.214. The van der Waals surface area contributed by atoms with E-state index in [1.165, 1.54) is 6.20 Å². The molecule has 0 saturated heterocycles. The Kier molecular flexibility index (Phi) is 5.31. The largest absolute Gasteiger partial charge is 0.494 e. The fraction of sp³-hybridized carbons (Fsp3) is 0.158. The Hall–Kier alpha value is -3.28. The minimum Gasteiger partial charge on any atom is -0.494 e. The van der Waals surface area contributed by atoms with E-state index in [2.05, 4.69) is 15.6 Å². The van der Waals surface area contributed by atoms with Crippen LogP contribution in [0.1, 0.15) is 23.0 Å². The van der Waals surface area contributed by atoms with Crippen molar-refractivity contribution < 1.29 is 13.9 Å². The highest BCUT2D eigenvalue weighted by Gasteiger charge is 2.07. The van der Waals surface area contributed by atoms with E-state index in [0.717, 1.165) is 11.5 Å². The van der Waals surface area contributed by atoms with E-state index in [1.807, 2.05) is 31.2 Å². The Balaban J connectivity index is 1.56. The first-order valence-corrected chi connectivity index (χ1v) is 8.01. The van der Waals surface area contributed by atoms with Crippen molar-refractivity contribution in [1.29, 1.82) is 0 Å². The van der Waals surface area contributed by atoms with E-state index in [4.69, 9.17) is 9.15 Å². The Morgan fingerprint density at radius 1 is 1.16 bits per heavy atom. The Labute approximate surface area is 145 Å². The van der Waals surface area contributed by atoms with Crippen molar-refractivity contribution in [2.45, 2.75) is 13.5 Å². The third kappa shape index (κ3) is 4.60. The number of carbonyl (C=O) groups is 1. The number of amides is 1. The van der Waals surface area contributed by atoms with Crippen molar-refractivity contribution in [3.63, 3.8) is 0 Å². The van der Waals surface area contributed by atoms with E-state index in [-0.39, 0.29) is 5.91 Å². The first kappa shape index (κ1) is 16.6. The molecule has 0 radical (unpaired) electrons. The molecule has 25 heavy (non-hydrogen) atoms. The van der Waals surface area contributed by atoms with Crippen LogP contribution in [0.25, 0.3) is 0 Å². The van der Waals surface area contributed by atoms with E-state index < -0.39 is 0 Å². The Morgan fingerprint density at radius 2 is 2.00 bits per heavy atom. The second-order valence-electron chi connectivity index (χ2n) is 5.28. The summed E-state index contributed by atoms with van der Waals surface area (Å²) in [4.78, 5) is 16.5. The second-order valence-corrected chi connectivity index (χ2v) is 5.28. The van der Waals surface area contributed by atoms with Crippen LogP contribution >= 0.6 is 0 Å². The van der Waals surface area contributed by atoms with Gasteiger partial charge in [-0.15, -0.1) is 0 Å². The summed E-state index contributed by atoms with van der Waals surface area (Å²) in [6, 6.07) is 14.4. The topological polar surface area (TPSA) is 76.4 Å². The fourth-order valence-electron chi connectivity index (χ4n) is 2.23. The van der Waals surface area contributed by atoms with Crippen LogP contribution in [-0.4, -0.2) is 17.5 Å². The van der Waals surface area contributed by atoms with Crippen LogP contribution in [0.3, 0.4) is 0 Å². The first-order chi connectivity index (χ1) is 12.2. The van der Waals surface area contributed by atoms with Crippen molar-refractivity contribution in [3.05, 3.63) is 72.3 Å². The highest BCUT2D eigenvalue weighted by atomic mass is 16.5. The zero-order valence-corrected chi connectivity index (χ0v) is 13.9. The van der Waals surface area contributed by atoms with Crippen LogP contribution in [0.15, 0.2) is 65.4 Å². The van der Waals surface area contributed by atoms with Gasteiger partial charge < -0.3 is 19.8 Å². The molecule has 0 aliphatic rings. The summed E-state index contributed by atoms with van der Waals surface area (Å²) < 4.78 is 10.6. The number of furan rings is 1. The first-order valence-electron chi connectivity index (χ1n) is 8.01. The number of pyridine rings is 1. The van der Waals surface area contributed by atoms with Gasteiger partial charge in [0.15, 0.2) is 0 Å². The number of hydrogen-bond acceptors (Lipinski definition) is 5. The number of ether oxygens (including phenoxy) is 1. The van der Waals surface area contributed by atoms with E-state index in [1.54, 1.807) is 30.5 Å². The molecule has 2 aromatic heterocycles. The summed E-state index contributed by atoms with van der Waals surface area (Å²) in [5.41, 5.74) is 1.19. The number of aromatic nitrogens is 1. The molecule has 0 aliphatic carbocycles. The molecule has 2 heterocycles. The van der Waals surface area contributed by atoms with Gasteiger partial charge in [-0.2, -0.15) is 0 Å². The fourth-order valence-corrected chi connectivity index (χ4v) is 2.23. The maximum atomic E-state index is 12.3. The zero-order chi connectivity index (χ0) is 17.5. The lowest BCUT2D eigenvalue weighted by Crippen LogP contribution is -2.12. The summed E-state index contributed by atoms with van der Waals surface area (Å²) in [5.74, 6) is 2.05. The predicted octanol–water partition coefficient (Wildman–Crippen LogP) is 3.94. The molecule has 0 aliphatic heterocycles. The lowest BCUT2D eigenvalue weighted by molar-refractivity contribution is 0.102. The molecule has 0 saturated carbocycles. The maximum absolute atomic E-state index is 12.3. The second kappa shape index (κ2) is 8.01. The summed E-state index contributed by atoms with van der Waals surface area (Å²) in [7, 11) is 0. The summed E-state index contributed by atoms with van der Waals surface area (Å²) in [5, 5.41) is 5.96. The van der Waals surface area contributed by atoms with Gasteiger partial charge >= 0.3 is 0 Å². The van der Waals surface area contributed by atoms with Gasteiger partial charge in [-0.3, -0.25) is 4.79 Å². The lowest BCUT2D eigenvalue weighted by Gasteiger charge is -2.08. The van der Waals surface area contributed by atoms with Gasteiger partial charge in [0.05, 0.1) is 25.0 Å². The van der Waals surface area contributed by atoms with Gasteiger partial charge in [-0.1, -0.05) is 0 Å². The predicted molar refractivity (Wildman–Crippen MR) is 95.8 cm³/mol. The zero-order valence-electron chi connectivity index (χ0n) is 13.9. The number of benzene rings is 1. The van der Waals surface area contributed by atoms with E-state index >= 15 is 0 Å². The molecule has 2 N–H and O–H groups in total. The molecule has 0 bridgehead atoms. The molecular weight excluding hydrogens is 318 g/mol. The van der Waals surface area contributed by atoms with Crippen LogP contribution in [0.2, 0.25) is 0 Å². The van der Waals surface area contributed by atoms with Crippen molar-refractivity contribution in [2.24, 2.45) is 0 Å². The SMILES string of the molecule is CCOc1ccc(NC(=O)c2ccc(NCc3ccco3)nc2)cc1. The number of rotatable bonds is 7. The van der Waals surface area contributed by atoms with Crippen molar-refractivity contribution in [2.75, 3.05) is 17.2 Å². The Morgan fingerprint density at radius 3 is 2.64 bits per heavy atom. The van der Waals surface area contributed by atoms with Gasteiger partial charge in [0, 0.05) is 11.9 Å². The summed E-state index contributed by atoms with van der Waals surface area (Å²) in [6.45, 7) is 3.07. The van der Waals surface area contributed by atoms with E-state index in [9.17, 15) is 4.79 Å². The van der Waals surface area contributed by atoms with Gasteiger partial charge in [-0.25, -0.2) is 4.98 Å². The smallest absolute Gasteiger partial charge is 0.257 e. The summed E-state index contributed by atoms with van der Waals surface area (Å²) in [6.07, 6.45) is 3.16. The molecule has 128 valence electrons. The van der Waals surface area contributed by atoms with Crippen molar-refractivity contribution in [3.8, 4) is 5.75 Å². The number of nitrogens with one attached hydrogen (secondary N) is 2. The Bertz CT molecular complexity index is 797. The molecule has 3 aromatic rings. The minimum atomic E-state index is -0.214. The third-order valence-electron chi connectivity index (χ3n) is 3.47. The molecule has 0 atom stereocenters. The number of nitrogens with zero attached hydrogens (tertiary/aromatic N) is 1. The van der Waals surface area contributed by atoms with Crippen LogP contribution < -0.4 is 15.4 Å². The van der Waals surface area contributed by atoms with Gasteiger partial charge in [0.2, 0.25) is 0 Å². The molecule has 0 fully saturated rings. The normalized spacial score (nSPS) is 10.3. The van der Waals surface area contributed by atoms with Crippen molar-refractivity contribution >= 4 is 17.4 Å². The van der Waals surface area contributed by atoms with Crippen molar-refractivity contribution in [1.82, 2.24) is 4.98 Å². The van der Waals surface area contributed by atoms with Crippen LogP contribution in [-0.2, 0) is 6.54 Å².